The minimum atomic E-state index is 0.424. The van der Waals surface area contributed by atoms with E-state index in [0.717, 1.165) is 10.9 Å². The molecule has 8 nitrogen and oxygen atoms in total. The summed E-state index contributed by atoms with van der Waals surface area (Å²) in [5.41, 5.74) is 0. The molecular weight excluding hydrogens is 296 g/mol. The van der Waals surface area contributed by atoms with Crippen LogP contribution in [0, 0.1) is 0 Å². The van der Waals surface area contributed by atoms with E-state index in [9.17, 15) is 0 Å². The van der Waals surface area contributed by atoms with Crippen LogP contribution >= 0.6 is 23.1 Å². The predicted octanol–water partition coefficient (Wildman–Crippen LogP) is 1.49. The lowest BCUT2D eigenvalue weighted by Crippen LogP contribution is -2.09. The molecule has 3 heterocycles. The molecule has 0 aliphatic carbocycles. The molecule has 0 aromatic carbocycles. The fourth-order valence-corrected chi connectivity index (χ4v) is 2.85. The molecule has 0 atom stereocenters. The molecule has 0 saturated heterocycles. The number of anilines is 1. The summed E-state index contributed by atoms with van der Waals surface area (Å²) in [7, 11) is 0. The van der Waals surface area contributed by atoms with Crippen molar-refractivity contribution in [1.82, 2.24) is 34.7 Å². The van der Waals surface area contributed by atoms with Crippen molar-refractivity contribution in [2.45, 2.75) is 16.4 Å². The van der Waals surface area contributed by atoms with Gasteiger partial charge in [-0.15, -0.1) is 11.3 Å². The maximum absolute atomic E-state index is 4.36. The molecule has 3 rings (SSSR count). The van der Waals surface area contributed by atoms with Crippen LogP contribution in [0.15, 0.2) is 33.7 Å². The number of hydrogen-bond donors (Lipinski definition) is 1. The summed E-state index contributed by atoms with van der Waals surface area (Å²) in [5, 5.41) is 9.58. The molecule has 0 radical (unpaired) electrons. The normalized spacial score (nSPS) is 10.7. The quantitative estimate of drug-likeness (QED) is 0.757. The summed E-state index contributed by atoms with van der Waals surface area (Å²) in [5.74, 6) is 0.930. The van der Waals surface area contributed by atoms with Gasteiger partial charge in [0, 0.05) is 18.1 Å². The molecule has 3 aromatic heterocycles. The van der Waals surface area contributed by atoms with Crippen LogP contribution in [0.3, 0.4) is 0 Å². The smallest absolute Gasteiger partial charge is 0.257 e. The SMILES string of the molecule is CCNc1nc(Sc2nccs2)nc(-n2cncn2)n1. The Morgan fingerprint density at radius 1 is 1.35 bits per heavy atom. The van der Waals surface area contributed by atoms with E-state index in [1.165, 1.54) is 34.1 Å². The van der Waals surface area contributed by atoms with Crippen molar-refractivity contribution in [1.29, 1.82) is 0 Å². The molecule has 0 spiro atoms. The Labute approximate surface area is 122 Å². The second kappa shape index (κ2) is 5.92. The lowest BCUT2D eigenvalue weighted by Gasteiger charge is -2.06. The third kappa shape index (κ3) is 2.91. The van der Waals surface area contributed by atoms with E-state index in [2.05, 4.69) is 35.3 Å². The first kappa shape index (κ1) is 12.9. The maximum atomic E-state index is 4.36. The highest BCUT2D eigenvalue weighted by Gasteiger charge is 2.10. The maximum Gasteiger partial charge on any atom is 0.257 e. The lowest BCUT2D eigenvalue weighted by atomic mass is 10.7. The highest BCUT2D eigenvalue weighted by molar-refractivity contribution is 8.00. The van der Waals surface area contributed by atoms with E-state index in [1.807, 2.05) is 12.3 Å². The Morgan fingerprint density at radius 3 is 3.00 bits per heavy atom. The van der Waals surface area contributed by atoms with Gasteiger partial charge in [-0.1, -0.05) is 0 Å². The molecule has 0 amide bonds. The van der Waals surface area contributed by atoms with Crippen LogP contribution in [-0.2, 0) is 0 Å². The lowest BCUT2D eigenvalue weighted by molar-refractivity contribution is 0.759. The molecule has 1 N–H and O–H groups in total. The van der Waals surface area contributed by atoms with Crippen LogP contribution < -0.4 is 5.32 Å². The van der Waals surface area contributed by atoms with E-state index in [4.69, 9.17) is 0 Å². The highest BCUT2D eigenvalue weighted by atomic mass is 32.2. The first-order chi connectivity index (χ1) is 9.85. The topological polar surface area (TPSA) is 94.3 Å². The van der Waals surface area contributed by atoms with Crippen LogP contribution in [-0.4, -0.2) is 41.2 Å². The molecule has 102 valence electrons. The van der Waals surface area contributed by atoms with Gasteiger partial charge < -0.3 is 5.32 Å². The summed E-state index contributed by atoms with van der Waals surface area (Å²) < 4.78 is 2.37. The van der Waals surface area contributed by atoms with Gasteiger partial charge in [-0.25, -0.2) is 9.97 Å². The Hall–Kier alpha value is -2.07. The Bertz CT molecular complexity index is 667. The molecule has 0 aliphatic rings. The Balaban J connectivity index is 1.96. The molecule has 0 fully saturated rings. The standard InChI is InChI=1S/C10H10N8S2/c1-2-12-7-15-8(18-6-11-5-14-18)17-9(16-7)20-10-13-3-4-19-10/h3-6H,2H2,1H3,(H,12,15,16,17). The summed E-state index contributed by atoms with van der Waals surface area (Å²) in [6.07, 6.45) is 4.73. The fraction of sp³-hybridized carbons (Fsp3) is 0.200. The molecule has 0 unspecified atom stereocenters. The molecule has 10 heteroatoms. The van der Waals surface area contributed by atoms with E-state index in [1.54, 1.807) is 12.5 Å². The van der Waals surface area contributed by atoms with E-state index < -0.39 is 0 Å². The fourth-order valence-electron chi connectivity index (χ4n) is 1.38. The minimum Gasteiger partial charge on any atom is -0.354 e. The van der Waals surface area contributed by atoms with Gasteiger partial charge in [-0.05, 0) is 18.7 Å². The summed E-state index contributed by atoms with van der Waals surface area (Å²) in [6, 6.07) is 0. The van der Waals surface area contributed by atoms with Crippen molar-refractivity contribution in [2.75, 3.05) is 11.9 Å². The molecule has 3 aromatic rings. The van der Waals surface area contributed by atoms with Gasteiger partial charge in [0.25, 0.3) is 5.95 Å². The molecule has 0 saturated carbocycles. The number of aromatic nitrogens is 7. The van der Waals surface area contributed by atoms with E-state index in [0.29, 0.717) is 17.1 Å². The third-order valence-electron chi connectivity index (χ3n) is 2.15. The highest BCUT2D eigenvalue weighted by Crippen LogP contribution is 2.27. The first-order valence-electron chi connectivity index (χ1n) is 5.77. The van der Waals surface area contributed by atoms with Crippen LogP contribution in [0.5, 0.6) is 0 Å². The number of nitrogens with one attached hydrogen (secondary N) is 1. The summed E-state index contributed by atoms with van der Waals surface area (Å²) in [4.78, 5) is 21.1. The molecule has 20 heavy (non-hydrogen) atoms. The Morgan fingerprint density at radius 2 is 2.30 bits per heavy atom. The van der Waals surface area contributed by atoms with Crippen molar-refractivity contribution in [3.63, 3.8) is 0 Å². The van der Waals surface area contributed by atoms with Crippen molar-refractivity contribution in [2.24, 2.45) is 0 Å². The van der Waals surface area contributed by atoms with Gasteiger partial charge in [0.15, 0.2) is 4.34 Å². The number of hydrogen-bond acceptors (Lipinski definition) is 9. The number of rotatable bonds is 5. The largest absolute Gasteiger partial charge is 0.354 e. The minimum absolute atomic E-state index is 0.424. The molecular formula is C10H10N8S2. The second-order valence-corrected chi connectivity index (χ2v) is 5.62. The van der Waals surface area contributed by atoms with Gasteiger partial charge in [0.2, 0.25) is 11.1 Å². The summed E-state index contributed by atoms with van der Waals surface area (Å²) in [6.45, 7) is 2.70. The zero-order valence-corrected chi connectivity index (χ0v) is 12.1. The predicted molar refractivity (Wildman–Crippen MR) is 75.1 cm³/mol. The summed E-state index contributed by atoms with van der Waals surface area (Å²) >= 11 is 2.93. The zero-order chi connectivity index (χ0) is 13.8. The third-order valence-corrected chi connectivity index (χ3v) is 3.90. The van der Waals surface area contributed by atoms with Gasteiger partial charge in [-0.2, -0.15) is 24.7 Å². The van der Waals surface area contributed by atoms with Crippen molar-refractivity contribution in [3.8, 4) is 5.95 Å². The van der Waals surface area contributed by atoms with Crippen LogP contribution in [0.25, 0.3) is 5.95 Å². The van der Waals surface area contributed by atoms with Crippen molar-refractivity contribution >= 4 is 29.0 Å². The second-order valence-electron chi connectivity index (χ2n) is 3.51. The van der Waals surface area contributed by atoms with E-state index in [-0.39, 0.29) is 0 Å². The number of nitrogens with zero attached hydrogens (tertiary/aromatic N) is 7. The number of thiazole rings is 1. The van der Waals surface area contributed by atoms with Crippen LogP contribution in [0.1, 0.15) is 6.92 Å². The molecule has 0 aliphatic heterocycles. The monoisotopic (exact) mass is 306 g/mol. The van der Waals surface area contributed by atoms with Gasteiger partial charge >= 0.3 is 0 Å². The van der Waals surface area contributed by atoms with Crippen LogP contribution in [0.4, 0.5) is 5.95 Å². The van der Waals surface area contributed by atoms with E-state index >= 15 is 0 Å². The first-order valence-corrected chi connectivity index (χ1v) is 7.47. The molecule has 0 bridgehead atoms. The van der Waals surface area contributed by atoms with Crippen LogP contribution in [0.2, 0.25) is 0 Å². The average Bonchev–Trinajstić information content (AvgIpc) is 3.11. The van der Waals surface area contributed by atoms with Gasteiger partial charge in [0.05, 0.1) is 0 Å². The zero-order valence-electron chi connectivity index (χ0n) is 10.5. The van der Waals surface area contributed by atoms with Gasteiger partial charge in [0.1, 0.15) is 12.7 Å². The van der Waals surface area contributed by atoms with Crippen molar-refractivity contribution in [3.05, 3.63) is 24.2 Å². The van der Waals surface area contributed by atoms with Crippen molar-refractivity contribution < 1.29 is 0 Å². The average molecular weight is 306 g/mol. The van der Waals surface area contributed by atoms with Gasteiger partial charge in [-0.3, -0.25) is 0 Å². The Kier molecular flexibility index (Phi) is 3.83.